The third kappa shape index (κ3) is 4.84. The molecule has 0 fully saturated rings. The number of nitrogens with zero attached hydrogens (tertiary/aromatic N) is 1. The zero-order valence-electron chi connectivity index (χ0n) is 13.8. The molecule has 2 rings (SSSR count). The number of benzene rings is 2. The molecule has 0 heterocycles. The van der Waals surface area contributed by atoms with Crippen LogP contribution < -0.4 is 9.64 Å². The van der Waals surface area contributed by atoms with Gasteiger partial charge in [-0.05, 0) is 42.3 Å². The monoisotopic (exact) mass is 327 g/mol. The summed E-state index contributed by atoms with van der Waals surface area (Å²) in [7, 11) is 0. The van der Waals surface area contributed by atoms with Crippen LogP contribution in [0.25, 0.3) is 0 Å². The third-order valence-corrected chi connectivity index (χ3v) is 3.29. The van der Waals surface area contributed by atoms with E-state index in [2.05, 4.69) is 13.8 Å². The van der Waals surface area contributed by atoms with Crippen LogP contribution in [0.4, 0.5) is 5.69 Å². The highest BCUT2D eigenvalue weighted by molar-refractivity contribution is 6.08. The molecule has 5 heteroatoms. The molecule has 0 radical (unpaired) electrons. The molecule has 126 valence electrons. The van der Waals surface area contributed by atoms with Crippen LogP contribution in [0.1, 0.15) is 24.2 Å². The molecule has 0 aliphatic heterocycles. The van der Waals surface area contributed by atoms with Crippen molar-refractivity contribution in [3.05, 3.63) is 60.2 Å². The first-order valence-corrected chi connectivity index (χ1v) is 7.79. The maximum Gasteiger partial charge on any atom is 0.323 e. The van der Waals surface area contributed by atoms with Crippen molar-refractivity contribution >= 4 is 17.6 Å². The number of aliphatic carboxylic acids is 1. The highest BCUT2D eigenvalue weighted by Gasteiger charge is 2.20. The zero-order chi connectivity index (χ0) is 17.5. The Morgan fingerprint density at radius 1 is 1.04 bits per heavy atom. The van der Waals surface area contributed by atoms with Crippen molar-refractivity contribution in [2.45, 2.75) is 13.8 Å². The molecule has 1 N–H and O–H groups in total. The number of carbonyl (C=O) groups is 2. The van der Waals surface area contributed by atoms with Crippen LogP contribution >= 0.6 is 0 Å². The summed E-state index contributed by atoms with van der Waals surface area (Å²) in [6, 6.07) is 15.5. The summed E-state index contributed by atoms with van der Waals surface area (Å²) >= 11 is 0. The summed E-state index contributed by atoms with van der Waals surface area (Å²) in [4.78, 5) is 25.0. The van der Waals surface area contributed by atoms with E-state index < -0.39 is 12.5 Å². The van der Waals surface area contributed by atoms with Gasteiger partial charge in [-0.1, -0.05) is 32.0 Å². The van der Waals surface area contributed by atoms with E-state index in [1.807, 2.05) is 6.07 Å². The predicted molar refractivity (Wildman–Crippen MR) is 92.5 cm³/mol. The molecule has 0 aliphatic rings. The van der Waals surface area contributed by atoms with Gasteiger partial charge in [-0.2, -0.15) is 0 Å². The molecule has 24 heavy (non-hydrogen) atoms. The Kier molecular flexibility index (Phi) is 5.95. The lowest BCUT2D eigenvalue weighted by Gasteiger charge is -2.21. The van der Waals surface area contributed by atoms with Crippen LogP contribution in [0.3, 0.4) is 0 Å². The Morgan fingerprint density at radius 2 is 1.67 bits per heavy atom. The number of carboxylic acids is 1. The molecule has 0 spiro atoms. The minimum atomic E-state index is -1.07. The SMILES string of the molecule is CC(C)COc1ccc(C(=O)N(CC(=O)O)c2ccccc2)cc1. The van der Waals surface area contributed by atoms with E-state index in [1.165, 1.54) is 4.90 Å². The van der Waals surface area contributed by atoms with Gasteiger partial charge in [0.05, 0.1) is 6.61 Å². The average Bonchev–Trinajstić information content (AvgIpc) is 2.58. The number of hydrogen-bond acceptors (Lipinski definition) is 3. The number of rotatable bonds is 7. The van der Waals surface area contributed by atoms with Gasteiger partial charge in [0, 0.05) is 11.3 Å². The van der Waals surface area contributed by atoms with Crippen LogP contribution in [0.15, 0.2) is 54.6 Å². The van der Waals surface area contributed by atoms with E-state index in [4.69, 9.17) is 9.84 Å². The van der Waals surface area contributed by atoms with Crippen LogP contribution in [0.5, 0.6) is 5.75 Å². The molecule has 5 nitrogen and oxygen atoms in total. The second-order valence-electron chi connectivity index (χ2n) is 5.85. The highest BCUT2D eigenvalue weighted by Crippen LogP contribution is 2.19. The van der Waals surface area contributed by atoms with Gasteiger partial charge in [0.15, 0.2) is 0 Å². The lowest BCUT2D eigenvalue weighted by atomic mass is 10.1. The molecule has 0 atom stereocenters. The van der Waals surface area contributed by atoms with Gasteiger partial charge in [-0.15, -0.1) is 0 Å². The first-order valence-electron chi connectivity index (χ1n) is 7.79. The minimum Gasteiger partial charge on any atom is -0.493 e. The first kappa shape index (κ1) is 17.5. The summed E-state index contributed by atoms with van der Waals surface area (Å²) in [5.74, 6) is -0.330. The van der Waals surface area contributed by atoms with Crippen molar-refractivity contribution in [2.75, 3.05) is 18.1 Å². The molecular weight excluding hydrogens is 306 g/mol. The lowest BCUT2D eigenvalue weighted by Crippen LogP contribution is -2.35. The van der Waals surface area contributed by atoms with Crippen molar-refractivity contribution < 1.29 is 19.4 Å². The van der Waals surface area contributed by atoms with Gasteiger partial charge < -0.3 is 9.84 Å². The largest absolute Gasteiger partial charge is 0.493 e. The molecule has 0 aromatic heterocycles. The maximum atomic E-state index is 12.7. The highest BCUT2D eigenvalue weighted by atomic mass is 16.5. The summed E-state index contributed by atoms with van der Waals surface area (Å²) in [6.07, 6.45) is 0. The number of para-hydroxylation sites is 1. The second kappa shape index (κ2) is 8.15. The molecule has 0 aliphatic carbocycles. The van der Waals surface area contributed by atoms with Crippen molar-refractivity contribution in [1.82, 2.24) is 0 Å². The predicted octanol–water partition coefficient (Wildman–Crippen LogP) is 3.45. The minimum absolute atomic E-state index is 0.362. The molecule has 1 amide bonds. The number of anilines is 1. The molecule has 0 unspecified atom stereocenters. The Labute approximate surface area is 141 Å². The topological polar surface area (TPSA) is 66.8 Å². The van der Waals surface area contributed by atoms with Crippen LogP contribution in [-0.2, 0) is 4.79 Å². The van der Waals surface area contributed by atoms with Crippen molar-refractivity contribution in [1.29, 1.82) is 0 Å². The summed E-state index contributed by atoms with van der Waals surface area (Å²) in [6.45, 7) is 4.32. The Morgan fingerprint density at radius 3 is 2.21 bits per heavy atom. The van der Waals surface area contributed by atoms with Crippen LogP contribution in [-0.4, -0.2) is 30.1 Å². The molecular formula is C19H21NO4. The maximum absolute atomic E-state index is 12.7. The van der Waals surface area contributed by atoms with Gasteiger partial charge in [-0.25, -0.2) is 0 Å². The summed E-state index contributed by atoms with van der Waals surface area (Å²) < 4.78 is 5.59. The molecule has 0 saturated heterocycles. The van der Waals surface area contributed by atoms with E-state index >= 15 is 0 Å². The molecule has 2 aromatic rings. The smallest absolute Gasteiger partial charge is 0.323 e. The van der Waals surface area contributed by atoms with E-state index in [9.17, 15) is 9.59 Å². The van der Waals surface area contributed by atoms with Crippen molar-refractivity contribution in [3.63, 3.8) is 0 Å². The third-order valence-electron chi connectivity index (χ3n) is 3.29. The quantitative estimate of drug-likeness (QED) is 0.846. The molecule has 0 saturated carbocycles. The number of carbonyl (C=O) groups excluding carboxylic acids is 1. The van der Waals surface area contributed by atoms with Gasteiger partial charge in [0.2, 0.25) is 0 Å². The number of carboxylic acid groups (broad SMARTS) is 1. The van der Waals surface area contributed by atoms with E-state index in [-0.39, 0.29) is 5.91 Å². The summed E-state index contributed by atoms with van der Waals surface area (Å²) in [5, 5.41) is 9.09. The molecule has 2 aromatic carbocycles. The van der Waals surface area contributed by atoms with E-state index in [0.717, 1.165) is 0 Å². The Hall–Kier alpha value is -2.82. The van der Waals surface area contributed by atoms with E-state index in [0.29, 0.717) is 29.5 Å². The fourth-order valence-corrected chi connectivity index (χ4v) is 2.14. The van der Waals surface area contributed by atoms with Gasteiger partial charge >= 0.3 is 5.97 Å². The van der Waals surface area contributed by atoms with Gasteiger partial charge in [0.25, 0.3) is 5.91 Å². The fourth-order valence-electron chi connectivity index (χ4n) is 2.14. The normalized spacial score (nSPS) is 10.5. The average molecular weight is 327 g/mol. The van der Waals surface area contributed by atoms with Crippen LogP contribution in [0, 0.1) is 5.92 Å². The Bertz CT molecular complexity index is 680. The first-order chi connectivity index (χ1) is 11.5. The number of amides is 1. The Balaban J connectivity index is 2.18. The van der Waals surface area contributed by atoms with Crippen molar-refractivity contribution in [2.24, 2.45) is 5.92 Å². The lowest BCUT2D eigenvalue weighted by molar-refractivity contribution is -0.135. The van der Waals surface area contributed by atoms with Crippen LogP contribution in [0.2, 0.25) is 0 Å². The molecule has 0 bridgehead atoms. The second-order valence-corrected chi connectivity index (χ2v) is 5.85. The summed E-state index contributed by atoms with van der Waals surface area (Å²) in [5.41, 5.74) is 0.960. The van der Waals surface area contributed by atoms with Gasteiger partial charge in [0.1, 0.15) is 12.3 Å². The standard InChI is InChI=1S/C19H21NO4/c1-14(2)13-24-17-10-8-15(9-11-17)19(23)20(12-18(21)22)16-6-4-3-5-7-16/h3-11,14H,12-13H2,1-2H3,(H,21,22). The fraction of sp³-hybridized carbons (Fsp3) is 0.263. The van der Waals surface area contributed by atoms with Crippen molar-refractivity contribution in [3.8, 4) is 5.75 Å². The number of hydrogen-bond donors (Lipinski definition) is 1. The van der Waals surface area contributed by atoms with Gasteiger partial charge in [-0.3, -0.25) is 14.5 Å². The van der Waals surface area contributed by atoms with E-state index in [1.54, 1.807) is 48.5 Å². The number of ether oxygens (including phenoxy) is 1. The zero-order valence-corrected chi connectivity index (χ0v) is 13.8.